The number of imidazole rings is 2. The Morgan fingerprint density at radius 2 is 1.91 bits per heavy atom. The number of para-hydroxylation sites is 1. The monoisotopic (exact) mass is 427 g/mol. The van der Waals surface area contributed by atoms with Crippen LogP contribution >= 0.6 is 0 Å². The third-order valence-corrected chi connectivity index (χ3v) is 5.66. The van der Waals surface area contributed by atoms with Crippen molar-refractivity contribution in [2.75, 3.05) is 24.3 Å². The fraction of sp³-hybridized carbons (Fsp3) is 0.208. The van der Waals surface area contributed by atoms with Crippen LogP contribution in [0.4, 0.5) is 17.3 Å². The van der Waals surface area contributed by atoms with Crippen LogP contribution in [0.15, 0.2) is 64.6 Å². The number of aliphatic imine (C=N–C) groups is 1. The van der Waals surface area contributed by atoms with E-state index in [4.69, 9.17) is 0 Å². The van der Waals surface area contributed by atoms with Gasteiger partial charge in [-0.3, -0.25) is 4.57 Å². The minimum atomic E-state index is -0.183. The molecular formula is C24H25N7O. The number of aryl methyl sites for hydroxylation is 1. The minimum absolute atomic E-state index is 0.183. The number of anilines is 2. The molecule has 5 rings (SSSR count). The summed E-state index contributed by atoms with van der Waals surface area (Å²) in [7, 11) is 4.06. The van der Waals surface area contributed by atoms with Crippen LogP contribution in [-0.2, 0) is 13.1 Å². The molecule has 0 spiro atoms. The van der Waals surface area contributed by atoms with Crippen LogP contribution in [0.1, 0.15) is 16.7 Å². The molecule has 162 valence electrons. The number of benzene rings is 2. The molecule has 1 aliphatic heterocycles. The highest BCUT2D eigenvalue weighted by Gasteiger charge is 2.24. The first-order valence-electron chi connectivity index (χ1n) is 10.5. The molecule has 3 heterocycles. The van der Waals surface area contributed by atoms with Crippen molar-refractivity contribution < 1.29 is 0 Å². The first-order valence-corrected chi connectivity index (χ1v) is 10.5. The molecule has 0 radical (unpaired) electrons. The molecule has 0 amide bonds. The highest BCUT2D eigenvalue weighted by Crippen LogP contribution is 2.35. The second-order valence-electron chi connectivity index (χ2n) is 8.20. The average molecular weight is 428 g/mol. The van der Waals surface area contributed by atoms with Gasteiger partial charge in [0.25, 0.3) is 0 Å². The second-order valence-corrected chi connectivity index (χ2v) is 8.20. The molecule has 0 saturated heterocycles. The van der Waals surface area contributed by atoms with Crippen LogP contribution in [0.2, 0.25) is 0 Å². The maximum atomic E-state index is 12.8. The van der Waals surface area contributed by atoms with Crippen LogP contribution in [0.3, 0.4) is 0 Å². The third-order valence-electron chi connectivity index (χ3n) is 5.66. The van der Waals surface area contributed by atoms with Crippen molar-refractivity contribution in [3.8, 4) is 11.4 Å². The fourth-order valence-electron chi connectivity index (χ4n) is 4.16. The van der Waals surface area contributed by atoms with Gasteiger partial charge < -0.3 is 19.8 Å². The number of H-pyrrole nitrogens is 1. The van der Waals surface area contributed by atoms with E-state index < -0.39 is 0 Å². The highest BCUT2D eigenvalue weighted by molar-refractivity contribution is 5.90. The van der Waals surface area contributed by atoms with Crippen LogP contribution in [0.5, 0.6) is 0 Å². The lowest BCUT2D eigenvalue weighted by Crippen LogP contribution is -2.19. The molecular weight excluding hydrogens is 402 g/mol. The Kier molecular flexibility index (Phi) is 4.89. The lowest BCUT2D eigenvalue weighted by Gasteiger charge is -2.17. The van der Waals surface area contributed by atoms with Crippen LogP contribution in [-0.4, -0.2) is 39.5 Å². The van der Waals surface area contributed by atoms with Crippen molar-refractivity contribution in [3.05, 3.63) is 82.0 Å². The molecule has 8 heteroatoms. The quantitative estimate of drug-likeness (QED) is 0.510. The van der Waals surface area contributed by atoms with Gasteiger partial charge in [-0.05, 0) is 24.1 Å². The summed E-state index contributed by atoms with van der Waals surface area (Å²) in [5, 5.41) is 3.18. The van der Waals surface area contributed by atoms with Crippen molar-refractivity contribution in [1.82, 2.24) is 19.1 Å². The van der Waals surface area contributed by atoms with Gasteiger partial charge in [-0.2, -0.15) is 0 Å². The summed E-state index contributed by atoms with van der Waals surface area (Å²) in [5.41, 5.74) is 5.64. The Morgan fingerprint density at radius 3 is 2.72 bits per heavy atom. The number of hydrogen-bond acceptors (Lipinski definition) is 5. The summed E-state index contributed by atoms with van der Waals surface area (Å²) >= 11 is 0. The third kappa shape index (κ3) is 3.49. The predicted molar refractivity (Wildman–Crippen MR) is 128 cm³/mol. The number of fused-ring (bicyclic) bond motifs is 3. The molecule has 2 aromatic carbocycles. The van der Waals surface area contributed by atoms with Crippen LogP contribution in [0, 0.1) is 6.92 Å². The predicted octanol–water partition coefficient (Wildman–Crippen LogP) is 3.60. The molecule has 2 N–H and O–H groups in total. The smallest absolute Gasteiger partial charge is 0.327 e. The Hall–Kier alpha value is -4.07. The Labute approximate surface area is 185 Å². The van der Waals surface area contributed by atoms with Gasteiger partial charge in [0.1, 0.15) is 17.2 Å². The Morgan fingerprint density at radius 1 is 1.06 bits per heavy atom. The molecule has 0 saturated carbocycles. The highest BCUT2D eigenvalue weighted by atomic mass is 16.1. The summed E-state index contributed by atoms with van der Waals surface area (Å²) in [5.74, 6) is 1.37. The van der Waals surface area contributed by atoms with Crippen molar-refractivity contribution >= 4 is 23.7 Å². The second kappa shape index (κ2) is 7.88. The summed E-state index contributed by atoms with van der Waals surface area (Å²) < 4.78 is 3.69. The van der Waals surface area contributed by atoms with Gasteiger partial charge in [0.15, 0.2) is 5.82 Å². The molecule has 0 fully saturated rings. The molecule has 8 nitrogen and oxygen atoms in total. The number of nitrogens with one attached hydrogen (secondary N) is 2. The van der Waals surface area contributed by atoms with Crippen LogP contribution in [0.25, 0.3) is 11.4 Å². The van der Waals surface area contributed by atoms with E-state index in [1.54, 1.807) is 17.2 Å². The molecule has 0 atom stereocenters. The van der Waals surface area contributed by atoms with Gasteiger partial charge in [0.05, 0.1) is 25.8 Å². The van der Waals surface area contributed by atoms with E-state index in [0.29, 0.717) is 36.1 Å². The van der Waals surface area contributed by atoms with E-state index in [0.717, 1.165) is 22.4 Å². The fourth-order valence-corrected chi connectivity index (χ4v) is 4.16. The molecule has 32 heavy (non-hydrogen) atoms. The molecule has 0 unspecified atom stereocenters. The number of nitrogens with zero attached hydrogens (tertiary/aromatic N) is 5. The first-order chi connectivity index (χ1) is 15.5. The Bertz CT molecular complexity index is 1370. The van der Waals surface area contributed by atoms with Gasteiger partial charge in [-0.1, -0.05) is 48.0 Å². The van der Waals surface area contributed by atoms with Crippen molar-refractivity contribution in [3.63, 3.8) is 0 Å². The standard InChI is InChI=1S/C24H25N7O/c1-16-7-6-8-17(11-16)12-31-23-21(28-24(31)32)20-22(25-14-26-23)30(15-27-20)13-18-9-4-5-10-19(18)29(2)3/h4-11,14-15H,12-13H2,1-3H3,(H,25,26)(H,28,32). The maximum absolute atomic E-state index is 12.8. The van der Waals surface area contributed by atoms with Gasteiger partial charge in [-0.25, -0.2) is 14.8 Å². The number of aromatic nitrogens is 4. The van der Waals surface area contributed by atoms with Gasteiger partial charge >= 0.3 is 5.69 Å². The summed E-state index contributed by atoms with van der Waals surface area (Å²) in [6.07, 6.45) is 3.40. The summed E-state index contributed by atoms with van der Waals surface area (Å²) in [6, 6.07) is 16.4. The van der Waals surface area contributed by atoms with Crippen LogP contribution < -0.4 is 15.9 Å². The van der Waals surface area contributed by atoms with E-state index in [1.807, 2.05) is 55.9 Å². The van der Waals surface area contributed by atoms with Gasteiger partial charge in [0, 0.05) is 19.8 Å². The lowest BCUT2D eigenvalue weighted by molar-refractivity contribution is 0.770. The average Bonchev–Trinajstić information content (AvgIpc) is 3.23. The minimum Gasteiger partial charge on any atom is -0.377 e. The molecule has 4 aromatic rings. The SMILES string of the molecule is Cc1cccc(Cn2c3c([nH]c2=O)-c2ncn(Cc4ccccc4N(C)C)c2N=CN3)c1. The Balaban J connectivity index is 1.53. The largest absolute Gasteiger partial charge is 0.377 e. The molecule has 1 aliphatic rings. The van der Waals surface area contributed by atoms with E-state index >= 15 is 0 Å². The number of aromatic amines is 1. The van der Waals surface area contributed by atoms with Crippen molar-refractivity contribution in [2.45, 2.75) is 20.0 Å². The van der Waals surface area contributed by atoms with Gasteiger partial charge in [-0.15, -0.1) is 0 Å². The van der Waals surface area contributed by atoms with E-state index in [2.05, 4.69) is 43.4 Å². The summed E-state index contributed by atoms with van der Waals surface area (Å²) in [6.45, 7) is 3.12. The zero-order valence-electron chi connectivity index (χ0n) is 18.3. The van der Waals surface area contributed by atoms with E-state index in [9.17, 15) is 4.79 Å². The van der Waals surface area contributed by atoms with E-state index in [1.165, 1.54) is 0 Å². The van der Waals surface area contributed by atoms with E-state index in [-0.39, 0.29) is 5.69 Å². The van der Waals surface area contributed by atoms with Crippen molar-refractivity contribution in [2.24, 2.45) is 4.99 Å². The number of hydrogen-bond donors (Lipinski definition) is 2. The molecule has 0 bridgehead atoms. The zero-order chi connectivity index (χ0) is 22.2. The maximum Gasteiger partial charge on any atom is 0.327 e. The van der Waals surface area contributed by atoms with Crippen molar-refractivity contribution in [1.29, 1.82) is 0 Å². The molecule has 2 aromatic heterocycles. The lowest BCUT2D eigenvalue weighted by atomic mass is 10.1. The zero-order valence-corrected chi connectivity index (χ0v) is 18.3. The topological polar surface area (TPSA) is 83.2 Å². The normalized spacial score (nSPS) is 12.1. The van der Waals surface area contributed by atoms with Gasteiger partial charge in [0.2, 0.25) is 0 Å². The number of rotatable bonds is 5. The summed E-state index contributed by atoms with van der Waals surface area (Å²) in [4.78, 5) is 27.1. The molecule has 0 aliphatic carbocycles. The first kappa shape index (κ1) is 19.9.